The number of nitrogens with one attached hydrogen (secondary N) is 1. The highest BCUT2D eigenvalue weighted by atomic mass is 32.1. The number of likely N-dealkylation sites (tertiary alicyclic amines) is 1. The maximum atomic E-state index is 13.6. The van der Waals surface area contributed by atoms with Crippen molar-refractivity contribution < 1.29 is 9.59 Å². The molecule has 0 radical (unpaired) electrons. The highest BCUT2D eigenvalue weighted by Gasteiger charge is 2.43. The molecule has 3 atom stereocenters. The highest BCUT2D eigenvalue weighted by Crippen LogP contribution is 2.43. The van der Waals surface area contributed by atoms with Crippen LogP contribution in [0.1, 0.15) is 48.6 Å². The number of imide groups is 1. The van der Waals surface area contributed by atoms with E-state index in [1.54, 1.807) is 0 Å². The van der Waals surface area contributed by atoms with Crippen LogP contribution < -0.4 is 11.1 Å². The second-order valence-electron chi connectivity index (χ2n) is 9.69. The van der Waals surface area contributed by atoms with Crippen LogP contribution in [-0.4, -0.2) is 80.0 Å². The lowest BCUT2D eigenvalue weighted by Gasteiger charge is -2.45. The first-order chi connectivity index (χ1) is 15.8. The number of fused-ring (bicyclic) bond motifs is 2. The number of unbranched alkanes of at least 4 members (excludes halogenated alkanes) is 2. The van der Waals surface area contributed by atoms with Crippen LogP contribution in [-0.2, 0) is 17.6 Å². The number of nitrogens with zero attached hydrogens (tertiary/aromatic N) is 4. The van der Waals surface area contributed by atoms with Crippen molar-refractivity contribution in [2.24, 2.45) is 11.8 Å². The van der Waals surface area contributed by atoms with Gasteiger partial charge in [0.25, 0.3) is 0 Å². The van der Waals surface area contributed by atoms with Gasteiger partial charge in [-0.1, -0.05) is 19.8 Å². The summed E-state index contributed by atoms with van der Waals surface area (Å²) in [6, 6.07) is 2.33. The van der Waals surface area contributed by atoms with Crippen molar-refractivity contribution in [3.8, 4) is 6.07 Å². The Hall–Kier alpha value is -2.15. The fraction of sp³-hybridized carbons (Fsp3) is 0.708. The van der Waals surface area contributed by atoms with Crippen LogP contribution in [0.3, 0.4) is 0 Å². The van der Waals surface area contributed by atoms with E-state index >= 15 is 0 Å². The van der Waals surface area contributed by atoms with E-state index in [0.29, 0.717) is 36.2 Å². The zero-order chi connectivity index (χ0) is 24.1. The Morgan fingerprint density at radius 2 is 2.03 bits per heavy atom. The fourth-order valence-corrected chi connectivity index (χ4v) is 6.28. The number of carbonyl (C=O) groups excluding carboxylic acids is 2. The molecule has 1 aliphatic heterocycles. The average molecular weight is 475 g/mol. The number of likely N-dealkylation sites (N-methyl/N-ethyl adjacent to an activating group) is 2. The molecule has 33 heavy (non-hydrogen) atoms. The zero-order valence-electron chi connectivity index (χ0n) is 20.4. The molecule has 0 unspecified atom stereocenters. The largest absolute Gasteiger partial charge is 0.389 e. The summed E-state index contributed by atoms with van der Waals surface area (Å²) in [6.45, 7) is 4.46. The molecule has 3 rings (SSSR count). The minimum atomic E-state index is -0.286. The van der Waals surface area contributed by atoms with Crippen molar-refractivity contribution >= 4 is 28.3 Å². The van der Waals surface area contributed by atoms with Gasteiger partial charge in [0.15, 0.2) is 0 Å². The maximum Gasteiger partial charge on any atom is 0.324 e. The Morgan fingerprint density at radius 1 is 1.27 bits per heavy atom. The van der Waals surface area contributed by atoms with Gasteiger partial charge >= 0.3 is 6.03 Å². The van der Waals surface area contributed by atoms with Gasteiger partial charge in [-0.05, 0) is 58.3 Å². The molecule has 1 aromatic rings. The summed E-state index contributed by atoms with van der Waals surface area (Å²) < 4.78 is 0. The number of amides is 3. The maximum absolute atomic E-state index is 13.6. The van der Waals surface area contributed by atoms with Crippen molar-refractivity contribution in [2.75, 3.05) is 53.1 Å². The van der Waals surface area contributed by atoms with Crippen molar-refractivity contribution in [2.45, 2.75) is 51.5 Å². The van der Waals surface area contributed by atoms with Gasteiger partial charge < -0.3 is 20.9 Å². The Kier molecular flexibility index (Phi) is 8.74. The topological polar surface area (TPSA) is 106 Å². The van der Waals surface area contributed by atoms with Gasteiger partial charge in [-0.2, -0.15) is 5.26 Å². The molecule has 2 aliphatic rings. The van der Waals surface area contributed by atoms with E-state index in [1.807, 2.05) is 19.0 Å². The number of thiophene rings is 1. The molecule has 0 bridgehead atoms. The first-order valence-corrected chi connectivity index (χ1v) is 12.8. The standard InChI is InChI=1S/C24H38N6O2S/c1-5-6-7-9-30(24(32)27-8-10-28(2)3)23(31)17-11-16-12-18-19(14-25)22(26)33-21(18)13-20(16)29(4)15-17/h16-17,20H,5-13,15,26H2,1-4H3,(H,27,32)/t16-,17-,20-/m1/s1. The first kappa shape index (κ1) is 25.5. The van der Waals surface area contributed by atoms with E-state index < -0.39 is 0 Å². The van der Waals surface area contributed by atoms with Crippen LogP contribution in [0.15, 0.2) is 0 Å². The Morgan fingerprint density at radius 3 is 2.70 bits per heavy atom. The van der Waals surface area contributed by atoms with Gasteiger partial charge in [0.1, 0.15) is 11.1 Å². The van der Waals surface area contributed by atoms with Crippen molar-refractivity contribution in [1.82, 2.24) is 20.0 Å². The Balaban J connectivity index is 1.73. The molecular weight excluding hydrogens is 436 g/mol. The molecule has 1 saturated heterocycles. The van der Waals surface area contributed by atoms with E-state index in [0.717, 1.165) is 50.6 Å². The van der Waals surface area contributed by atoms with E-state index in [-0.39, 0.29) is 23.8 Å². The number of nitrogens with two attached hydrogens (primary N) is 1. The number of hydrogen-bond acceptors (Lipinski definition) is 7. The summed E-state index contributed by atoms with van der Waals surface area (Å²) in [5.41, 5.74) is 7.78. The number of carbonyl (C=O) groups is 2. The van der Waals surface area contributed by atoms with Crippen molar-refractivity contribution in [3.05, 3.63) is 16.0 Å². The molecule has 3 amide bonds. The van der Waals surface area contributed by atoms with E-state index in [4.69, 9.17) is 5.73 Å². The summed E-state index contributed by atoms with van der Waals surface area (Å²) in [7, 11) is 5.99. The molecular formula is C24H38N6O2S. The molecule has 3 N–H and O–H groups in total. The molecule has 9 heteroatoms. The molecule has 0 spiro atoms. The Bertz CT molecular complexity index is 892. The predicted molar refractivity (Wildman–Crippen MR) is 132 cm³/mol. The summed E-state index contributed by atoms with van der Waals surface area (Å²) in [6.07, 6.45) is 5.23. The minimum absolute atomic E-state index is 0.0742. The lowest BCUT2D eigenvalue weighted by molar-refractivity contribution is -0.136. The van der Waals surface area contributed by atoms with Crippen LogP contribution in [0.25, 0.3) is 0 Å². The fourth-order valence-electron chi connectivity index (χ4n) is 5.18. The molecule has 2 heterocycles. The number of rotatable bonds is 8. The van der Waals surface area contributed by atoms with Crippen LogP contribution in [0.2, 0.25) is 0 Å². The molecule has 182 valence electrons. The Labute approximate surface area is 201 Å². The summed E-state index contributed by atoms with van der Waals surface area (Å²) in [5.74, 6) is -0.0176. The number of urea groups is 1. The van der Waals surface area contributed by atoms with Crippen molar-refractivity contribution in [1.29, 1.82) is 5.26 Å². The lowest BCUT2D eigenvalue weighted by Crippen LogP contribution is -2.55. The van der Waals surface area contributed by atoms with Gasteiger partial charge in [0.2, 0.25) is 5.91 Å². The second kappa shape index (κ2) is 11.3. The monoisotopic (exact) mass is 474 g/mol. The number of anilines is 1. The van der Waals surface area contributed by atoms with E-state index in [1.165, 1.54) is 21.1 Å². The number of nitriles is 1. The van der Waals surface area contributed by atoms with Crippen molar-refractivity contribution in [3.63, 3.8) is 0 Å². The second-order valence-corrected chi connectivity index (χ2v) is 10.8. The van der Waals surface area contributed by atoms with Gasteiger partial charge in [-0.15, -0.1) is 11.3 Å². The first-order valence-electron chi connectivity index (χ1n) is 12.0. The predicted octanol–water partition coefficient (Wildman–Crippen LogP) is 2.53. The normalized spacial score (nSPS) is 22.4. The van der Waals surface area contributed by atoms with Gasteiger partial charge in [0.05, 0.1) is 11.5 Å². The third-order valence-electron chi connectivity index (χ3n) is 6.98. The molecule has 1 aromatic heterocycles. The van der Waals surface area contributed by atoms with Gasteiger partial charge in [-0.3, -0.25) is 9.69 Å². The third kappa shape index (κ3) is 5.86. The van der Waals surface area contributed by atoms with E-state index in [2.05, 4.69) is 30.3 Å². The van der Waals surface area contributed by atoms with Crippen LogP contribution in [0, 0.1) is 23.2 Å². The lowest BCUT2D eigenvalue weighted by atomic mass is 9.74. The molecule has 0 saturated carbocycles. The third-order valence-corrected chi connectivity index (χ3v) is 8.06. The molecule has 1 aliphatic carbocycles. The summed E-state index contributed by atoms with van der Waals surface area (Å²) in [4.78, 5) is 33.4. The summed E-state index contributed by atoms with van der Waals surface area (Å²) >= 11 is 1.53. The average Bonchev–Trinajstić information content (AvgIpc) is 3.08. The smallest absolute Gasteiger partial charge is 0.324 e. The van der Waals surface area contributed by atoms with Crippen LogP contribution in [0.4, 0.5) is 9.80 Å². The SMILES string of the molecule is CCCCCN(C(=O)NCCN(C)C)C(=O)[C@@H]1C[C@@H]2Cc3c(sc(N)c3C#N)C[C@H]2N(C)C1. The highest BCUT2D eigenvalue weighted by molar-refractivity contribution is 7.16. The molecule has 8 nitrogen and oxygen atoms in total. The molecule has 1 fully saturated rings. The number of hydrogen-bond donors (Lipinski definition) is 2. The zero-order valence-corrected chi connectivity index (χ0v) is 21.2. The number of nitrogen functional groups attached to an aromatic ring is 1. The van der Waals surface area contributed by atoms with Gasteiger partial charge in [0, 0.05) is 37.1 Å². The van der Waals surface area contributed by atoms with Crippen LogP contribution >= 0.6 is 11.3 Å². The van der Waals surface area contributed by atoms with E-state index in [9.17, 15) is 14.9 Å². The van der Waals surface area contributed by atoms with Crippen LogP contribution in [0.5, 0.6) is 0 Å². The summed E-state index contributed by atoms with van der Waals surface area (Å²) in [5, 5.41) is 13.1. The molecule has 0 aromatic carbocycles. The quantitative estimate of drug-likeness (QED) is 0.561. The minimum Gasteiger partial charge on any atom is -0.389 e. The number of piperidine rings is 1. The van der Waals surface area contributed by atoms with Gasteiger partial charge in [-0.25, -0.2) is 4.79 Å².